The van der Waals surface area contributed by atoms with Gasteiger partial charge in [0.15, 0.2) is 0 Å². The van der Waals surface area contributed by atoms with Crippen molar-refractivity contribution in [3.05, 3.63) is 45.9 Å². The first-order valence-corrected chi connectivity index (χ1v) is 6.55. The molecule has 16 heavy (non-hydrogen) atoms. The molecule has 0 aliphatic rings. The second-order valence-electron chi connectivity index (χ2n) is 4.80. The SMILES string of the molecule is Cc1cc(Br)c2ccccc2c1CC(C)C. The monoisotopic (exact) mass is 276 g/mol. The molecule has 0 N–H and O–H groups in total. The number of halogens is 1. The highest BCUT2D eigenvalue weighted by Crippen LogP contribution is 2.30. The zero-order valence-corrected chi connectivity index (χ0v) is 11.6. The lowest BCUT2D eigenvalue weighted by Crippen LogP contribution is -1.98. The van der Waals surface area contributed by atoms with Gasteiger partial charge < -0.3 is 0 Å². The highest BCUT2D eigenvalue weighted by atomic mass is 79.9. The first-order valence-electron chi connectivity index (χ1n) is 5.76. The molecular weight excluding hydrogens is 260 g/mol. The van der Waals surface area contributed by atoms with Crippen LogP contribution >= 0.6 is 15.9 Å². The van der Waals surface area contributed by atoms with Crippen molar-refractivity contribution in [3.8, 4) is 0 Å². The largest absolute Gasteiger partial charge is 0.0625 e. The Hall–Kier alpha value is -0.820. The van der Waals surface area contributed by atoms with E-state index < -0.39 is 0 Å². The molecule has 0 amide bonds. The van der Waals surface area contributed by atoms with E-state index in [0.717, 1.165) is 6.42 Å². The van der Waals surface area contributed by atoms with Crippen molar-refractivity contribution in [2.75, 3.05) is 0 Å². The Morgan fingerprint density at radius 2 is 1.75 bits per heavy atom. The van der Waals surface area contributed by atoms with Crippen molar-refractivity contribution in [1.82, 2.24) is 0 Å². The van der Waals surface area contributed by atoms with Crippen molar-refractivity contribution in [2.24, 2.45) is 5.92 Å². The minimum Gasteiger partial charge on any atom is -0.0625 e. The molecule has 0 bridgehead atoms. The summed E-state index contributed by atoms with van der Waals surface area (Å²) in [6, 6.07) is 10.9. The summed E-state index contributed by atoms with van der Waals surface area (Å²) in [5.74, 6) is 0.697. The summed E-state index contributed by atoms with van der Waals surface area (Å²) in [6.45, 7) is 6.75. The van der Waals surface area contributed by atoms with Gasteiger partial charge in [-0.25, -0.2) is 0 Å². The minimum absolute atomic E-state index is 0.697. The fraction of sp³-hybridized carbons (Fsp3) is 0.333. The Balaban J connectivity index is 2.71. The Labute approximate surface area is 106 Å². The van der Waals surface area contributed by atoms with Crippen molar-refractivity contribution in [2.45, 2.75) is 27.2 Å². The molecule has 0 atom stereocenters. The van der Waals surface area contributed by atoms with Gasteiger partial charge in [-0.05, 0) is 47.2 Å². The van der Waals surface area contributed by atoms with E-state index in [2.05, 4.69) is 67.0 Å². The normalized spacial score (nSPS) is 11.3. The molecule has 0 radical (unpaired) electrons. The summed E-state index contributed by atoms with van der Waals surface area (Å²) in [5, 5.41) is 2.71. The van der Waals surface area contributed by atoms with Crippen LogP contribution in [0.2, 0.25) is 0 Å². The average molecular weight is 277 g/mol. The molecular formula is C15H17Br. The number of rotatable bonds is 2. The van der Waals surface area contributed by atoms with Crippen LogP contribution in [-0.4, -0.2) is 0 Å². The van der Waals surface area contributed by atoms with Crippen molar-refractivity contribution in [3.63, 3.8) is 0 Å². The molecule has 0 aromatic heterocycles. The molecule has 2 aromatic carbocycles. The van der Waals surface area contributed by atoms with E-state index in [0.29, 0.717) is 5.92 Å². The van der Waals surface area contributed by atoms with Crippen LogP contribution in [0.4, 0.5) is 0 Å². The summed E-state index contributed by atoms with van der Waals surface area (Å²) in [6.07, 6.45) is 1.15. The molecule has 0 unspecified atom stereocenters. The van der Waals surface area contributed by atoms with E-state index in [1.807, 2.05) is 0 Å². The van der Waals surface area contributed by atoms with Crippen molar-refractivity contribution in [1.29, 1.82) is 0 Å². The van der Waals surface area contributed by atoms with E-state index in [-0.39, 0.29) is 0 Å². The maximum atomic E-state index is 3.65. The van der Waals surface area contributed by atoms with E-state index in [4.69, 9.17) is 0 Å². The molecule has 0 nitrogen and oxygen atoms in total. The highest BCUT2D eigenvalue weighted by molar-refractivity contribution is 9.10. The van der Waals surface area contributed by atoms with Gasteiger partial charge in [0.2, 0.25) is 0 Å². The van der Waals surface area contributed by atoms with Crippen LogP contribution in [0, 0.1) is 12.8 Å². The molecule has 0 spiro atoms. The Bertz CT molecular complexity index is 512. The predicted octanol–water partition coefficient (Wildman–Crippen LogP) is 5.11. The topological polar surface area (TPSA) is 0 Å². The van der Waals surface area contributed by atoms with E-state index >= 15 is 0 Å². The van der Waals surface area contributed by atoms with Crippen LogP contribution in [0.25, 0.3) is 10.8 Å². The summed E-state index contributed by atoms with van der Waals surface area (Å²) < 4.78 is 1.20. The van der Waals surface area contributed by atoms with E-state index in [1.165, 1.54) is 26.4 Å². The number of aryl methyl sites for hydroxylation is 1. The first-order chi connectivity index (χ1) is 7.59. The quantitative estimate of drug-likeness (QED) is 0.715. The fourth-order valence-electron chi connectivity index (χ4n) is 2.20. The predicted molar refractivity (Wildman–Crippen MR) is 74.9 cm³/mol. The van der Waals surface area contributed by atoms with E-state index in [1.54, 1.807) is 0 Å². The summed E-state index contributed by atoms with van der Waals surface area (Å²) >= 11 is 3.65. The van der Waals surface area contributed by atoms with Gasteiger partial charge in [-0.1, -0.05) is 54.0 Å². The average Bonchev–Trinajstić information content (AvgIpc) is 2.24. The molecule has 0 aliphatic heterocycles. The van der Waals surface area contributed by atoms with Gasteiger partial charge in [0.05, 0.1) is 0 Å². The molecule has 0 heterocycles. The molecule has 2 aromatic rings. The van der Waals surface area contributed by atoms with E-state index in [9.17, 15) is 0 Å². The fourth-order valence-corrected chi connectivity index (χ4v) is 2.89. The van der Waals surface area contributed by atoms with Crippen molar-refractivity contribution < 1.29 is 0 Å². The van der Waals surface area contributed by atoms with Crippen molar-refractivity contribution >= 4 is 26.7 Å². The molecule has 0 saturated carbocycles. The number of benzene rings is 2. The number of hydrogen-bond donors (Lipinski definition) is 0. The van der Waals surface area contributed by atoms with Gasteiger partial charge in [-0.2, -0.15) is 0 Å². The second-order valence-corrected chi connectivity index (χ2v) is 5.65. The molecule has 0 fully saturated rings. The lowest BCUT2D eigenvalue weighted by Gasteiger charge is -2.13. The second kappa shape index (κ2) is 4.58. The third-order valence-corrected chi connectivity index (χ3v) is 3.60. The zero-order chi connectivity index (χ0) is 11.7. The summed E-state index contributed by atoms with van der Waals surface area (Å²) in [7, 11) is 0. The Morgan fingerprint density at radius 3 is 2.38 bits per heavy atom. The number of fused-ring (bicyclic) bond motifs is 1. The third-order valence-electron chi connectivity index (χ3n) is 2.94. The minimum atomic E-state index is 0.697. The van der Waals surface area contributed by atoms with Gasteiger partial charge in [0.1, 0.15) is 0 Å². The van der Waals surface area contributed by atoms with Crippen LogP contribution in [-0.2, 0) is 6.42 Å². The molecule has 0 aliphatic carbocycles. The maximum Gasteiger partial charge on any atom is 0.0256 e. The first kappa shape index (κ1) is 11.7. The molecule has 84 valence electrons. The maximum absolute atomic E-state index is 3.65. The lowest BCUT2D eigenvalue weighted by atomic mass is 9.93. The Kier molecular flexibility index (Phi) is 3.34. The standard InChI is InChI=1S/C15H17Br/c1-10(2)8-14-11(3)9-15(16)13-7-5-4-6-12(13)14/h4-7,9-10H,8H2,1-3H3. The van der Waals surface area contributed by atoms with Crippen LogP contribution in [0.3, 0.4) is 0 Å². The molecule has 0 saturated heterocycles. The van der Waals surface area contributed by atoms with Crippen LogP contribution in [0.15, 0.2) is 34.8 Å². The smallest absolute Gasteiger partial charge is 0.0256 e. The Morgan fingerprint density at radius 1 is 1.12 bits per heavy atom. The van der Waals surface area contributed by atoms with Gasteiger partial charge >= 0.3 is 0 Å². The zero-order valence-electron chi connectivity index (χ0n) is 10.0. The van der Waals surface area contributed by atoms with Gasteiger partial charge in [0.25, 0.3) is 0 Å². The lowest BCUT2D eigenvalue weighted by molar-refractivity contribution is 0.648. The van der Waals surface area contributed by atoms with Crippen LogP contribution in [0.1, 0.15) is 25.0 Å². The van der Waals surface area contributed by atoms with Crippen LogP contribution < -0.4 is 0 Å². The molecule has 1 heteroatoms. The van der Waals surface area contributed by atoms with Gasteiger partial charge in [-0.3, -0.25) is 0 Å². The highest BCUT2D eigenvalue weighted by Gasteiger charge is 2.09. The van der Waals surface area contributed by atoms with Gasteiger partial charge in [-0.15, -0.1) is 0 Å². The summed E-state index contributed by atoms with van der Waals surface area (Å²) in [5.41, 5.74) is 2.88. The number of hydrogen-bond acceptors (Lipinski definition) is 0. The van der Waals surface area contributed by atoms with Gasteiger partial charge in [0, 0.05) is 4.47 Å². The van der Waals surface area contributed by atoms with Crippen LogP contribution in [0.5, 0.6) is 0 Å². The third kappa shape index (κ3) is 2.15. The molecule has 2 rings (SSSR count). The summed E-state index contributed by atoms with van der Waals surface area (Å²) in [4.78, 5) is 0.